The molecule has 0 unspecified atom stereocenters. The van der Waals surface area contributed by atoms with E-state index in [9.17, 15) is 19.2 Å². The first-order valence-corrected chi connectivity index (χ1v) is 5.29. The van der Waals surface area contributed by atoms with Crippen molar-refractivity contribution < 1.29 is 24.3 Å². The Balaban J connectivity index is 2.08. The van der Waals surface area contributed by atoms with E-state index in [0.717, 1.165) is 4.90 Å². The zero-order valence-corrected chi connectivity index (χ0v) is 9.62. The Kier molecular flexibility index (Phi) is 3.23. The lowest BCUT2D eigenvalue weighted by molar-refractivity contribution is -0.137. The number of hydrogen-bond acceptors (Lipinski definition) is 5. The third-order valence-corrected chi connectivity index (χ3v) is 2.51. The molecular formula is C11H9N3O5. The minimum Gasteiger partial charge on any atom is -0.480 e. The van der Waals surface area contributed by atoms with E-state index in [1.54, 1.807) is 0 Å². The molecule has 0 atom stereocenters. The van der Waals surface area contributed by atoms with Crippen molar-refractivity contribution in [3.05, 3.63) is 29.6 Å². The van der Waals surface area contributed by atoms with Gasteiger partial charge in [0.2, 0.25) is 5.91 Å². The van der Waals surface area contributed by atoms with Crippen LogP contribution in [0.25, 0.3) is 0 Å². The van der Waals surface area contributed by atoms with Gasteiger partial charge in [0, 0.05) is 12.4 Å². The number of nitrogens with zero attached hydrogens (tertiary/aromatic N) is 2. The molecule has 8 heteroatoms. The molecule has 0 saturated heterocycles. The van der Waals surface area contributed by atoms with E-state index in [4.69, 9.17) is 5.11 Å². The number of fused-ring (bicyclic) bond motifs is 1. The van der Waals surface area contributed by atoms with Crippen LogP contribution in [0.1, 0.15) is 20.7 Å². The van der Waals surface area contributed by atoms with Crippen LogP contribution in [0.2, 0.25) is 0 Å². The summed E-state index contributed by atoms with van der Waals surface area (Å²) in [5, 5.41) is 10.5. The zero-order chi connectivity index (χ0) is 14.0. The van der Waals surface area contributed by atoms with Gasteiger partial charge in [-0.3, -0.25) is 29.1 Å². The molecule has 0 spiro atoms. The van der Waals surface area contributed by atoms with Crippen molar-refractivity contribution in [3.8, 4) is 0 Å². The summed E-state index contributed by atoms with van der Waals surface area (Å²) in [6.45, 7) is -1.08. The highest BCUT2D eigenvalue weighted by molar-refractivity contribution is 6.22. The summed E-state index contributed by atoms with van der Waals surface area (Å²) in [7, 11) is 0. The monoisotopic (exact) mass is 263 g/mol. The van der Waals surface area contributed by atoms with Crippen LogP contribution < -0.4 is 5.32 Å². The topological polar surface area (TPSA) is 117 Å². The van der Waals surface area contributed by atoms with Gasteiger partial charge >= 0.3 is 5.97 Å². The second-order valence-corrected chi connectivity index (χ2v) is 3.79. The smallest absolute Gasteiger partial charge is 0.322 e. The summed E-state index contributed by atoms with van der Waals surface area (Å²) in [6.07, 6.45) is 2.63. The van der Waals surface area contributed by atoms with Gasteiger partial charge in [-0.25, -0.2) is 0 Å². The van der Waals surface area contributed by atoms with Crippen LogP contribution in [0.5, 0.6) is 0 Å². The maximum atomic E-state index is 11.9. The van der Waals surface area contributed by atoms with Crippen LogP contribution in [-0.2, 0) is 9.59 Å². The Labute approximate surface area is 107 Å². The van der Waals surface area contributed by atoms with Gasteiger partial charge in [-0.15, -0.1) is 0 Å². The lowest BCUT2D eigenvalue weighted by Crippen LogP contribution is -2.41. The molecule has 98 valence electrons. The molecule has 0 fully saturated rings. The molecule has 2 rings (SSSR count). The van der Waals surface area contributed by atoms with Crippen LogP contribution in [-0.4, -0.2) is 51.8 Å². The van der Waals surface area contributed by atoms with Gasteiger partial charge in [0.15, 0.2) is 0 Å². The first-order chi connectivity index (χ1) is 9.00. The molecule has 19 heavy (non-hydrogen) atoms. The Morgan fingerprint density at radius 3 is 2.58 bits per heavy atom. The molecule has 0 aromatic carbocycles. The quantitative estimate of drug-likeness (QED) is 0.664. The van der Waals surface area contributed by atoms with Gasteiger partial charge in [-0.1, -0.05) is 0 Å². The molecular weight excluding hydrogens is 254 g/mol. The molecule has 2 N–H and O–H groups in total. The van der Waals surface area contributed by atoms with Gasteiger partial charge < -0.3 is 10.4 Å². The molecule has 0 radical (unpaired) electrons. The Bertz CT molecular complexity index is 548. The molecule has 1 aromatic rings. The first kappa shape index (κ1) is 12.7. The Hall–Kier alpha value is -2.77. The number of hydrogen-bond donors (Lipinski definition) is 2. The fraction of sp³-hybridized carbons (Fsp3) is 0.182. The highest BCUT2D eigenvalue weighted by Gasteiger charge is 2.36. The van der Waals surface area contributed by atoms with Gasteiger partial charge in [0.05, 0.1) is 11.1 Å². The predicted molar refractivity (Wildman–Crippen MR) is 60.2 cm³/mol. The standard InChI is InChI=1S/C11H9N3O5/c15-8(13-4-9(16)17)5-14-10(18)6-1-2-12-3-7(6)11(14)19/h1-3H,4-5H2,(H,13,15)(H,16,17). The lowest BCUT2D eigenvalue weighted by Gasteiger charge is -2.12. The molecule has 0 bridgehead atoms. The SMILES string of the molecule is O=C(O)CNC(=O)CN1C(=O)c2ccncc2C1=O. The Morgan fingerprint density at radius 2 is 1.95 bits per heavy atom. The van der Waals surface area contributed by atoms with Crippen molar-refractivity contribution in [2.45, 2.75) is 0 Å². The number of aromatic nitrogens is 1. The molecule has 0 aliphatic carbocycles. The maximum absolute atomic E-state index is 11.9. The van der Waals surface area contributed by atoms with Crippen molar-refractivity contribution in [3.63, 3.8) is 0 Å². The summed E-state index contributed by atoms with van der Waals surface area (Å²) in [5.74, 6) is -3.13. The summed E-state index contributed by atoms with van der Waals surface area (Å²) < 4.78 is 0. The molecule has 1 aromatic heterocycles. The fourth-order valence-electron chi connectivity index (χ4n) is 1.65. The van der Waals surface area contributed by atoms with E-state index >= 15 is 0 Å². The van der Waals surface area contributed by atoms with Crippen molar-refractivity contribution in [1.82, 2.24) is 15.2 Å². The number of nitrogens with one attached hydrogen (secondary N) is 1. The number of imide groups is 1. The van der Waals surface area contributed by atoms with Crippen LogP contribution in [0.15, 0.2) is 18.5 Å². The third kappa shape index (κ3) is 2.41. The average molecular weight is 263 g/mol. The molecule has 2 heterocycles. The van der Waals surface area contributed by atoms with Gasteiger partial charge in [0.25, 0.3) is 11.8 Å². The molecule has 0 saturated carbocycles. The van der Waals surface area contributed by atoms with Gasteiger partial charge in [-0.2, -0.15) is 0 Å². The van der Waals surface area contributed by atoms with Crippen LogP contribution in [0, 0.1) is 0 Å². The number of aliphatic carboxylic acids is 1. The fourth-order valence-corrected chi connectivity index (χ4v) is 1.65. The largest absolute Gasteiger partial charge is 0.480 e. The zero-order valence-electron chi connectivity index (χ0n) is 9.62. The van der Waals surface area contributed by atoms with Gasteiger partial charge in [0.1, 0.15) is 13.1 Å². The van der Waals surface area contributed by atoms with E-state index in [-0.39, 0.29) is 11.1 Å². The summed E-state index contributed by atoms with van der Waals surface area (Å²) in [6, 6.07) is 1.39. The summed E-state index contributed by atoms with van der Waals surface area (Å²) >= 11 is 0. The van der Waals surface area contributed by atoms with E-state index in [0.29, 0.717) is 0 Å². The second kappa shape index (κ2) is 4.84. The van der Waals surface area contributed by atoms with E-state index in [1.807, 2.05) is 0 Å². The van der Waals surface area contributed by atoms with Gasteiger partial charge in [-0.05, 0) is 6.07 Å². The molecule has 8 nitrogen and oxygen atoms in total. The van der Waals surface area contributed by atoms with Crippen molar-refractivity contribution in [1.29, 1.82) is 0 Å². The Morgan fingerprint density at radius 1 is 1.26 bits per heavy atom. The predicted octanol–water partition coefficient (Wildman–Crippen LogP) is -1.12. The second-order valence-electron chi connectivity index (χ2n) is 3.79. The number of carboxylic acid groups (broad SMARTS) is 1. The highest BCUT2D eigenvalue weighted by Crippen LogP contribution is 2.20. The third-order valence-electron chi connectivity index (χ3n) is 2.51. The van der Waals surface area contributed by atoms with E-state index < -0.39 is 36.8 Å². The van der Waals surface area contributed by atoms with Crippen molar-refractivity contribution in [2.24, 2.45) is 0 Å². The number of carbonyl (C=O) groups excluding carboxylic acids is 3. The molecule has 3 amide bonds. The normalized spacial score (nSPS) is 13.4. The van der Waals surface area contributed by atoms with Crippen LogP contribution >= 0.6 is 0 Å². The number of amides is 3. The van der Waals surface area contributed by atoms with E-state index in [2.05, 4.69) is 10.3 Å². The van der Waals surface area contributed by atoms with E-state index in [1.165, 1.54) is 18.5 Å². The first-order valence-electron chi connectivity index (χ1n) is 5.29. The molecule has 1 aliphatic rings. The number of rotatable bonds is 4. The molecule has 1 aliphatic heterocycles. The average Bonchev–Trinajstić information content (AvgIpc) is 2.62. The number of carbonyl (C=O) groups is 4. The highest BCUT2D eigenvalue weighted by atomic mass is 16.4. The summed E-state index contributed by atoms with van der Waals surface area (Å²) in [5.41, 5.74) is 0.324. The van der Waals surface area contributed by atoms with Crippen molar-refractivity contribution >= 4 is 23.7 Å². The van der Waals surface area contributed by atoms with Crippen LogP contribution in [0.4, 0.5) is 0 Å². The maximum Gasteiger partial charge on any atom is 0.322 e. The number of pyridine rings is 1. The lowest BCUT2D eigenvalue weighted by atomic mass is 10.2. The minimum atomic E-state index is -1.21. The summed E-state index contributed by atoms with van der Waals surface area (Å²) in [4.78, 5) is 49.9. The van der Waals surface area contributed by atoms with Crippen molar-refractivity contribution in [2.75, 3.05) is 13.1 Å². The van der Waals surface area contributed by atoms with Crippen LogP contribution in [0.3, 0.4) is 0 Å². The number of carboxylic acids is 1. The minimum absolute atomic E-state index is 0.138.